The summed E-state index contributed by atoms with van der Waals surface area (Å²) in [6, 6.07) is 8.02. The van der Waals surface area contributed by atoms with Gasteiger partial charge < -0.3 is 9.84 Å². The lowest BCUT2D eigenvalue weighted by atomic mass is 10.0. The average Bonchev–Trinajstić information content (AvgIpc) is 2.54. The number of aliphatic hydroxyl groups is 1. The molecule has 0 fully saturated rings. The normalized spacial score (nSPS) is 12.5. The molecule has 0 saturated carbocycles. The summed E-state index contributed by atoms with van der Waals surface area (Å²) in [5.41, 5.74) is 2.07. The molecule has 1 unspecified atom stereocenters. The summed E-state index contributed by atoms with van der Waals surface area (Å²) in [6.45, 7) is 2.16. The van der Waals surface area contributed by atoms with Gasteiger partial charge in [0.25, 0.3) is 0 Å². The van der Waals surface area contributed by atoms with Crippen molar-refractivity contribution in [2.75, 3.05) is 7.11 Å². The minimum atomic E-state index is -0.376. The van der Waals surface area contributed by atoms with Crippen molar-refractivity contribution in [1.82, 2.24) is 0 Å². The summed E-state index contributed by atoms with van der Waals surface area (Å²) in [5, 5.41) is 10.2. The van der Waals surface area contributed by atoms with Crippen LogP contribution < -0.4 is 0 Å². The zero-order chi connectivity index (χ0) is 16.2. The first-order chi connectivity index (χ1) is 10.7. The monoisotopic (exact) mass is 304 g/mol. The number of benzene rings is 1. The number of allylic oxidation sites excluding steroid dienone is 1. The van der Waals surface area contributed by atoms with Gasteiger partial charge in [0.05, 0.1) is 13.2 Å². The zero-order valence-corrected chi connectivity index (χ0v) is 13.8. The van der Waals surface area contributed by atoms with Gasteiger partial charge in [-0.3, -0.25) is 4.79 Å². The molecule has 3 heteroatoms. The van der Waals surface area contributed by atoms with Gasteiger partial charge in [-0.15, -0.1) is 0 Å². The maximum atomic E-state index is 11.0. The molecule has 22 heavy (non-hydrogen) atoms. The van der Waals surface area contributed by atoms with Gasteiger partial charge in [-0.2, -0.15) is 0 Å². The summed E-state index contributed by atoms with van der Waals surface area (Å²) in [7, 11) is 1.41. The van der Waals surface area contributed by atoms with Crippen LogP contribution >= 0.6 is 0 Å². The second kappa shape index (κ2) is 11.0. The molecule has 0 aliphatic carbocycles. The van der Waals surface area contributed by atoms with Gasteiger partial charge in [-0.05, 0) is 36.5 Å². The molecule has 0 radical (unpaired) electrons. The first kappa shape index (κ1) is 18.4. The van der Waals surface area contributed by atoms with E-state index in [0.717, 1.165) is 43.2 Å². The van der Waals surface area contributed by atoms with Crippen molar-refractivity contribution in [1.29, 1.82) is 0 Å². The molecule has 0 amide bonds. The Labute approximate surface area is 134 Å². The summed E-state index contributed by atoms with van der Waals surface area (Å²) in [6.07, 6.45) is 10.0. The minimum Gasteiger partial charge on any atom is -0.469 e. The van der Waals surface area contributed by atoms with Crippen LogP contribution in [-0.2, 0) is 9.53 Å². The molecule has 0 spiro atoms. The number of carbonyl (C=O) groups is 1. The molecule has 0 bridgehead atoms. The Kier molecular flexibility index (Phi) is 9.24. The van der Waals surface area contributed by atoms with Crippen molar-refractivity contribution < 1.29 is 14.6 Å². The molecule has 0 aliphatic heterocycles. The first-order valence-corrected chi connectivity index (χ1v) is 8.18. The molecule has 0 heterocycles. The van der Waals surface area contributed by atoms with Crippen LogP contribution in [0.4, 0.5) is 0 Å². The standard InChI is InChI=1S/C19H28O3/c1-3-4-6-13-18(20)17-12-9-11-16(15-17)10-7-5-8-14-19(21)22-2/h7,9-12,15,18,20H,3-6,8,13-14H2,1-2H3. The molecule has 122 valence electrons. The van der Waals surface area contributed by atoms with Gasteiger partial charge in [-0.1, -0.05) is 56.5 Å². The van der Waals surface area contributed by atoms with Crippen LogP contribution in [0, 0.1) is 0 Å². The largest absolute Gasteiger partial charge is 0.469 e. The maximum Gasteiger partial charge on any atom is 0.305 e. The zero-order valence-electron chi connectivity index (χ0n) is 13.8. The minimum absolute atomic E-state index is 0.161. The van der Waals surface area contributed by atoms with Crippen LogP contribution in [0.2, 0.25) is 0 Å². The molecule has 0 aromatic heterocycles. The maximum absolute atomic E-state index is 11.0. The predicted octanol–water partition coefficient (Wildman–Crippen LogP) is 4.66. The van der Waals surface area contributed by atoms with E-state index in [-0.39, 0.29) is 12.1 Å². The Morgan fingerprint density at radius 1 is 1.32 bits per heavy atom. The Hall–Kier alpha value is -1.61. The SMILES string of the molecule is CCCCCC(O)c1cccc(C=CCCCC(=O)OC)c1. The van der Waals surface area contributed by atoms with Gasteiger partial charge >= 0.3 is 5.97 Å². The van der Waals surface area contributed by atoms with Gasteiger partial charge in [0.15, 0.2) is 0 Å². The van der Waals surface area contributed by atoms with Gasteiger partial charge in [0, 0.05) is 6.42 Å². The van der Waals surface area contributed by atoms with E-state index in [0.29, 0.717) is 6.42 Å². The second-order valence-electron chi connectivity index (χ2n) is 5.55. The second-order valence-corrected chi connectivity index (χ2v) is 5.55. The number of rotatable bonds is 10. The van der Waals surface area contributed by atoms with E-state index < -0.39 is 0 Å². The van der Waals surface area contributed by atoms with Crippen molar-refractivity contribution in [3.63, 3.8) is 0 Å². The predicted molar refractivity (Wildman–Crippen MR) is 90.4 cm³/mol. The van der Waals surface area contributed by atoms with Gasteiger partial charge in [0.2, 0.25) is 0 Å². The highest BCUT2D eigenvalue weighted by molar-refractivity contribution is 5.69. The van der Waals surface area contributed by atoms with E-state index in [4.69, 9.17) is 0 Å². The van der Waals surface area contributed by atoms with Crippen molar-refractivity contribution in [2.24, 2.45) is 0 Å². The third kappa shape index (κ3) is 7.41. The quantitative estimate of drug-likeness (QED) is 0.505. The molecule has 1 aromatic rings. The van der Waals surface area contributed by atoms with Crippen LogP contribution in [0.5, 0.6) is 0 Å². The number of carbonyl (C=O) groups excluding carboxylic acids is 1. The molecule has 1 aromatic carbocycles. The van der Waals surface area contributed by atoms with Crippen LogP contribution in [0.1, 0.15) is 69.1 Å². The lowest BCUT2D eigenvalue weighted by Crippen LogP contribution is -1.98. The van der Waals surface area contributed by atoms with Gasteiger partial charge in [0.1, 0.15) is 0 Å². The van der Waals surface area contributed by atoms with Crippen LogP contribution in [0.3, 0.4) is 0 Å². The molecular weight excluding hydrogens is 276 g/mol. The van der Waals surface area contributed by atoms with Crippen LogP contribution in [0.15, 0.2) is 30.3 Å². The third-order valence-corrected chi connectivity index (χ3v) is 3.67. The van der Waals surface area contributed by atoms with Crippen LogP contribution in [-0.4, -0.2) is 18.2 Å². The topological polar surface area (TPSA) is 46.5 Å². The average molecular weight is 304 g/mol. The number of unbranched alkanes of at least 4 members (excludes halogenated alkanes) is 3. The van der Waals surface area contributed by atoms with E-state index in [9.17, 15) is 9.90 Å². The molecule has 1 rings (SSSR count). The molecular formula is C19H28O3. The summed E-state index contributed by atoms with van der Waals surface area (Å²) in [4.78, 5) is 11.0. The summed E-state index contributed by atoms with van der Waals surface area (Å²) >= 11 is 0. The highest BCUT2D eigenvalue weighted by Gasteiger charge is 2.06. The third-order valence-electron chi connectivity index (χ3n) is 3.67. The lowest BCUT2D eigenvalue weighted by Gasteiger charge is -2.11. The number of hydrogen-bond acceptors (Lipinski definition) is 3. The van der Waals surface area contributed by atoms with E-state index in [1.807, 2.05) is 30.3 Å². The highest BCUT2D eigenvalue weighted by Crippen LogP contribution is 2.21. The Morgan fingerprint density at radius 3 is 2.86 bits per heavy atom. The van der Waals surface area contributed by atoms with Crippen molar-refractivity contribution >= 4 is 12.0 Å². The first-order valence-electron chi connectivity index (χ1n) is 8.18. The fourth-order valence-corrected chi connectivity index (χ4v) is 2.31. The molecule has 3 nitrogen and oxygen atoms in total. The van der Waals surface area contributed by atoms with E-state index in [1.165, 1.54) is 13.5 Å². The van der Waals surface area contributed by atoms with E-state index in [1.54, 1.807) is 0 Å². The number of esters is 1. The van der Waals surface area contributed by atoms with Gasteiger partial charge in [-0.25, -0.2) is 0 Å². The van der Waals surface area contributed by atoms with Crippen molar-refractivity contribution in [3.05, 3.63) is 41.5 Å². The fraction of sp³-hybridized carbons (Fsp3) is 0.526. The molecule has 1 atom stereocenters. The fourth-order valence-electron chi connectivity index (χ4n) is 2.31. The van der Waals surface area contributed by atoms with Crippen molar-refractivity contribution in [2.45, 2.75) is 58.0 Å². The smallest absolute Gasteiger partial charge is 0.305 e. The number of ether oxygens (including phenoxy) is 1. The van der Waals surface area contributed by atoms with Crippen LogP contribution in [0.25, 0.3) is 6.08 Å². The number of methoxy groups -OCH3 is 1. The summed E-state index contributed by atoms with van der Waals surface area (Å²) in [5.74, 6) is -0.161. The molecule has 0 aliphatic rings. The molecule has 0 saturated heterocycles. The Bertz CT molecular complexity index is 466. The molecule has 1 N–H and O–H groups in total. The Balaban J connectivity index is 2.44. The number of aliphatic hydroxyl groups excluding tert-OH is 1. The summed E-state index contributed by atoms with van der Waals surface area (Å²) < 4.78 is 4.61. The van der Waals surface area contributed by atoms with E-state index in [2.05, 4.69) is 17.7 Å². The number of hydrogen-bond donors (Lipinski definition) is 1. The lowest BCUT2D eigenvalue weighted by molar-refractivity contribution is -0.140. The van der Waals surface area contributed by atoms with E-state index >= 15 is 0 Å². The highest BCUT2D eigenvalue weighted by atomic mass is 16.5. The Morgan fingerprint density at radius 2 is 2.14 bits per heavy atom. The van der Waals surface area contributed by atoms with Crippen molar-refractivity contribution in [3.8, 4) is 0 Å².